The van der Waals surface area contributed by atoms with Crippen molar-refractivity contribution in [1.29, 1.82) is 0 Å². The van der Waals surface area contributed by atoms with Gasteiger partial charge < -0.3 is 10.1 Å². The smallest absolute Gasteiger partial charge is 0.170 e. The summed E-state index contributed by atoms with van der Waals surface area (Å²) in [4.78, 5) is 11.8. The van der Waals surface area contributed by atoms with Gasteiger partial charge >= 0.3 is 0 Å². The number of carbonyl (C=O) groups excluding carboxylic acids is 1. The SMILES string of the molecule is Cc1ccc(OCC(=O)CCCNc2ccc(Cl)cc2)cc1. The standard InChI is InChI=1S/C18H20ClNO2/c1-14-4-10-18(11-5-14)22-13-17(21)3-2-12-20-16-8-6-15(19)7-9-16/h4-11,20H,2-3,12-13H2,1H3. The monoisotopic (exact) mass is 317 g/mol. The van der Waals surface area contributed by atoms with Gasteiger partial charge in [0.15, 0.2) is 5.78 Å². The second-order valence-electron chi connectivity index (χ2n) is 5.18. The van der Waals surface area contributed by atoms with Gasteiger partial charge in [0.25, 0.3) is 0 Å². The molecule has 0 amide bonds. The van der Waals surface area contributed by atoms with Crippen molar-refractivity contribution < 1.29 is 9.53 Å². The summed E-state index contributed by atoms with van der Waals surface area (Å²) >= 11 is 5.82. The summed E-state index contributed by atoms with van der Waals surface area (Å²) in [6.45, 7) is 2.89. The molecule has 0 spiro atoms. The summed E-state index contributed by atoms with van der Waals surface area (Å²) in [5.41, 5.74) is 2.18. The molecule has 2 rings (SSSR count). The molecule has 0 saturated heterocycles. The number of anilines is 1. The van der Waals surface area contributed by atoms with Crippen molar-refractivity contribution in [3.63, 3.8) is 0 Å². The van der Waals surface area contributed by atoms with Gasteiger partial charge in [-0.05, 0) is 49.7 Å². The lowest BCUT2D eigenvalue weighted by Gasteiger charge is -2.07. The van der Waals surface area contributed by atoms with Crippen LogP contribution in [0.1, 0.15) is 18.4 Å². The number of ether oxygens (including phenoxy) is 1. The second kappa shape index (κ2) is 8.44. The van der Waals surface area contributed by atoms with Crippen LogP contribution in [0, 0.1) is 6.92 Å². The molecule has 1 N–H and O–H groups in total. The zero-order valence-corrected chi connectivity index (χ0v) is 13.4. The van der Waals surface area contributed by atoms with Gasteiger partial charge in [-0.3, -0.25) is 4.79 Å². The quantitative estimate of drug-likeness (QED) is 0.729. The molecular formula is C18H20ClNO2. The van der Waals surface area contributed by atoms with Gasteiger partial charge in [0.05, 0.1) is 0 Å². The maximum atomic E-state index is 11.8. The Bertz CT molecular complexity index is 593. The average molecular weight is 318 g/mol. The van der Waals surface area contributed by atoms with Crippen LogP contribution in [0.25, 0.3) is 0 Å². The van der Waals surface area contributed by atoms with Gasteiger partial charge in [-0.25, -0.2) is 0 Å². The molecule has 116 valence electrons. The fraction of sp³-hybridized carbons (Fsp3) is 0.278. The number of hydrogen-bond donors (Lipinski definition) is 1. The number of rotatable bonds is 8. The van der Waals surface area contributed by atoms with E-state index in [1.807, 2.05) is 55.5 Å². The first-order valence-corrected chi connectivity index (χ1v) is 7.72. The molecule has 0 saturated carbocycles. The van der Waals surface area contributed by atoms with E-state index in [9.17, 15) is 4.79 Å². The topological polar surface area (TPSA) is 38.3 Å². The van der Waals surface area contributed by atoms with E-state index in [1.165, 1.54) is 5.56 Å². The molecule has 22 heavy (non-hydrogen) atoms. The highest BCUT2D eigenvalue weighted by Crippen LogP contribution is 2.14. The summed E-state index contributed by atoms with van der Waals surface area (Å²) < 4.78 is 5.47. The van der Waals surface area contributed by atoms with Crippen molar-refractivity contribution in [2.24, 2.45) is 0 Å². The minimum absolute atomic E-state index is 0.110. The van der Waals surface area contributed by atoms with Crippen LogP contribution >= 0.6 is 11.6 Å². The molecule has 0 bridgehead atoms. The average Bonchev–Trinajstić information content (AvgIpc) is 2.53. The highest BCUT2D eigenvalue weighted by atomic mass is 35.5. The molecule has 3 nitrogen and oxygen atoms in total. The van der Waals surface area contributed by atoms with E-state index in [-0.39, 0.29) is 12.4 Å². The normalized spacial score (nSPS) is 10.3. The molecule has 0 atom stereocenters. The molecule has 0 unspecified atom stereocenters. The zero-order chi connectivity index (χ0) is 15.8. The molecule has 0 radical (unpaired) electrons. The summed E-state index contributed by atoms with van der Waals surface area (Å²) in [5, 5.41) is 3.97. The third-order valence-corrected chi connectivity index (χ3v) is 3.48. The summed E-state index contributed by atoms with van der Waals surface area (Å²) in [5.74, 6) is 0.844. The van der Waals surface area contributed by atoms with Gasteiger partial charge in [-0.1, -0.05) is 29.3 Å². The molecule has 2 aromatic rings. The molecule has 0 aliphatic rings. The number of nitrogens with one attached hydrogen (secondary N) is 1. The van der Waals surface area contributed by atoms with E-state index in [0.717, 1.165) is 24.4 Å². The van der Waals surface area contributed by atoms with Crippen molar-refractivity contribution in [3.8, 4) is 5.75 Å². The lowest BCUT2D eigenvalue weighted by Crippen LogP contribution is -2.13. The van der Waals surface area contributed by atoms with Crippen molar-refractivity contribution in [2.45, 2.75) is 19.8 Å². The van der Waals surface area contributed by atoms with Crippen LogP contribution in [0.5, 0.6) is 5.75 Å². The number of ketones is 1. The number of Topliss-reactive ketones (excluding diaryl/α,β-unsaturated/α-hetero) is 1. The number of aryl methyl sites for hydroxylation is 1. The van der Waals surface area contributed by atoms with Gasteiger partial charge in [-0.15, -0.1) is 0 Å². The Morgan fingerprint density at radius 2 is 1.77 bits per heavy atom. The van der Waals surface area contributed by atoms with E-state index in [1.54, 1.807) is 0 Å². The Balaban J connectivity index is 1.61. The second-order valence-corrected chi connectivity index (χ2v) is 5.61. The van der Waals surface area contributed by atoms with Crippen molar-refractivity contribution in [1.82, 2.24) is 0 Å². The van der Waals surface area contributed by atoms with E-state index >= 15 is 0 Å². The highest BCUT2D eigenvalue weighted by molar-refractivity contribution is 6.30. The van der Waals surface area contributed by atoms with Gasteiger partial charge in [-0.2, -0.15) is 0 Å². The van der Waals surface area contributed by atoms with Crippen LogP contribution in [0.2, 0.25) is 5.02 Å². The third-order valence-electron chi connectivity index (χ3n) is 3.23. The molecule has 2 aromatic carbocycles. The third kappa shape index (κ3) is 5.78. The maximum absolute atomic E-state index is 11.8. The molecule has 0 heterocycles. The van der Waals surface area contributed by atoms with Crippen LogP contribution in [0.3, 0.4) is 0 Å². The summed E-state index contributed by atoms with van der Waals surface area (Å²) in [6.07, 6.45) is 1.28. The molecule has 0 aliphatic carbocycles. The number of carbonyl (C=O) groups is 1. The van der Waals surface area contributed by atoms with Gasteiger partial charge in [0.1, 0.15) is 12.4 Å². The minimum atomic E-state index is 0.110. The molecule has 0 fully saturated rings. The van der Waals surface area contributed by atoms with Gasteiger partial charge in [0.2, 0.25) is 0 Å². The first-order chi connectivity index (χ1) is 10.6. The van der Waals surface area contributed by atoms with Crippen LogP contribution < -0.4 is 10.1 Å². The van der Waals surface area contributed by atoms with Gasteiger partial charge in [0, 0.05) is 23.7 Å². The van der Waals surface area contributed by atoms with Crippen LogP contribution in [0.15, 0.2) is 48.5 Å². The van der Waals surface area contributed by atoms with Crippen LogP contribution in [-0.4, -0.2) is 18.9 Å². The Labute approximate surface area is 136 Å². The van der Waals surface area contributed by atoms with E-state index < -0.39 is 0 Å². The Morgan fingerprint density at radius 3 is 2.45 bits per heavy atom. The number of halogens is 1. The molecular weight excluding hydrogens is 298 g/mol. The Kier molecular flexibility index (Phi) is 6.28. The fourth-order valence-electron chi connectivity index (χ4n) is 1.96. The zero-order valence-electron chi connectivity index (χ0n) is 12.6. The van der Waals surface area contributed by atoms with Crippen LogP contribution in [0.4, 0.5) is 5.69 Å². The number of hydrogen-bond acceptors (Lipinski definition) is 3. The highest BCUT2D eigenvalue weighted by Gasteiger charge is 2.03. The Hall–Kier alpha value is -2.00. The van der Waals surface area contributed by atoms with Crippen molar-refractivity contribution in [3.05, 3.63) is 59.1 Å². The molecule has 0 aromatic heterocycles. The molecule has 4 heteroatoms. The Morgan fingerprint density at radius 1 is 1.09 bits per heavy atom. The lowest BCUT2D eigenvalue weighted by atomic mass is 10.2. The maximum Gasteiger partial charge on any atom is 0.170 e. The predicted octanol–water partition coefficient (Wildman–Crippen LogP) is 4.49. The minimum Gasteiger partial charge on any atom is -0.486 e. The largest absolute Gasteiger partial charge is 0.486 e. The van der Waals surface area contributed by atoms with E-state index in [0.29, 0.717) is 11.4 Å². The fourth-order valence-corrected chi connectivity index (χ4v) is 2.08. The first-order valence-electron chi connectivity index (χ1n) is 7.34. The van der Waals surface area contributed by atoms with Crippen molar-refractivity contribution >= 4 is 23.1 Å². The predicted molar refractivity (Wildman–Crippen MR) is 90.9 cm³/mol. The van der Waals surface area contributed by atoms with Crippen LogP contribution in [-0.2, 0) is 4.79 Å². The summed E-state index contributed by atoms with van der Waals surface area (Å²) in [7, 11) is 0. The van der Waals surface area contributed by atoms with E-state index in [2.05, 4.69) is 5.32 Å². The van der Waals surface area contributed by atoms with Crippen molar-refractivity contribution in [2.75, 3.05) is 18.5 Å². The lowest BCUT2D eigenvalue weighted by molar-refractivity contribution is -0.121. The summed E-state index contributed by atoms with van der Waals surface area (Å²) in [6, 6.07) is 15.2. The number of benzene rings is 2. The molecule has 0 aliphatic heterocycles. The van der Waals surface area contributed by atoms with E-state index in [4.69, 9.17) is 16.3 Å². The first kappa shape index (κ1) is 16.4.